The molecule has 0 saturated heterocycles. The summed E-state index contributed by atoms with van der Waals surface area (Å²) in [5, 5.41) is 13.3. The zero-order chi connectivity index (χ0) is 31.3. The lowest BCUT2D eigenvalue weighted by molar-refractivity contribution is 1.02. The van der Waals surface area contributed by atoms with Gasteiger partial charge in [-0.2, -0.15) is 0 Å². The van der Waals surface area contributed by atoms with E-state index in [2.05, 4.69) is 156 Å². The third-order valence-electron chi connectivity index (χ3n) is 9.97. The van der Waals surface area contributed by atoms with Gasteiger partial charge in [0.2, 0.25) is 5.95 Å². The van der Waals surface area contributed by atoms with Gasteiger partial charge >= 0.3 is 0 Å². The minimum absolute atomic E-state index is 0.681. The highest BCUT2D eigenvalue weighted by Crippen LogP contribution is 2.48. The Hall–Kier alpha value is -6.10. The van der Waals surface area contributed by atoms with Crippen molar-refractivity contribution < 1.29 is 0 Å². The molecule has 0 aliphatic heterocycles. The van der Waals surface area contributed by atoms with E-state index in [9.17, 15) is 0 Å². The normalized spacial score (nSPS) is 12.2. The molecule has 3 nitrogen and oxygen atoms in total. The van der Waals surface area contributed by atoms with E-state index in [4.69, 9.17) is 9.97 Å². The number of nitrogens with zero attached hydrogens (tertiary/aromatic N) is 3. The molecule has 0 fully saturated rings. The van der Waals surface area contributed by atoms with Crippen molar-refractivity contribution in [1.82, 2.24) is 14.5 Å². The maximum Gasteiger partial charge on any atom is 0.235 e. The Bertz CT molecular complexity index is 3120. The van der Waals surface area contributed by atoms with Crippen LogP contribution in [0, 0.1) is 0 Å². The molecule has 0 unspecified atom stereocenters. The van der Waals surface area contributed by atoms with Crippen LogP contribution >= 0.6 is 11.3 Å². The van der Waals surface area contributed by atoms with E-state index in [1.165, 1.54) is 57.9 Å². The summed E-state index contributed by atoms with van der Waals surface area (Å²) in [5.41, 5.74) is 5.25. The summed E-state index contributed by atoms with van der Waals surface area (Å²) in [5.74, 6) is 0.681. The van der Waals surface area contributed by atoms with Gasteiger partial charge in [0.25, 0.3) is 0 Å². The zero-order valence-electron chi connectivity index (χ0n) is 25.7. The largest absolute Gasteiger partial charge is 0.276 e. The predicted octanol–water partition coefficient (Wildman–Crippen LogP) is 12.2. The fraction of sp³-hybridized carbons (Fsp3) is 0. The first-order valence-corrected chi connectivity index (χ1v) is 17.1. The fourth-order valence-electron chi connectivity index (χ4n) is 7.95. The van der Waals surface area contributed by atoms with Crippen LogP contribution in [0.1, 0.15) is 0 Å². The first-order chi connectivity index (χ1) is 23.8. The van der Waals surface area contributed by atoms with Crippen LogP contribution in [0.3, 0.4) is 0 Å². The molecule has 3 heterocycles. The summed E-state index contributed by atoms with van der Waals surface area (Å²) >= 11 is 1.86. The Labute approximate surface area is 278 Å². The minimum Gasteiger partial charge on any atom is -0.276 e. The van der Waals surface area contributed by atoms with Crippen molar-refractivity contribution in [3.63, 3.8) is 0 Å². The second kappa shape index (κ2) is 9.71. The highest BCUT2D eigenvalue weighted by atomic mass is 32.1. The maximum atomic E-state index is 5.61. The van der Waals surface area contributed by atoms with Crippen molar-refractivity contribution in [2.75, 3.05) is 0 Å². The number of aromatic nitrogens is 3. The Morgan fingerprint density at radius 1 is 0.438 bits per heavy atom. The first kappa shape index (κ1) is 26.0. The molecule has 0 atom stereocenters. The summed E-state index contributed by atoms with van der Waals surface area (Å²) in [6.07, 6.45) is 0. The minimum atomic E-state index is 0.681. The van der Waals surface area contributed by atoms with E-state index in [0.717, 1.165) is 38.6 Å². The van der Waals surface area contributed by atoms with Gasteiger partial charge in [-0.05, 0) is 50.5 Å². The second-order valence-corrected chi connectivity index (χ2v) is 13.6. The van der Waals surface area contributed by atoms with Crippen molar-refractivity contribution in [3.05, 3.63) is 152 Å². The van der Waals surface area contributed by atoms with Gasteiger partial charge in [0.1, 0.15) is 0 Å². The van der Waals surface area contributed by atoms with Gasteiger partial charge in [-0.15, -0.1) is 11.3 Å². The molecule has 0 aliphatic rings. The molecule has 3 aromatic heterocycles. The highest BCUT2D eigenvalue weighted by molar-refractivity contribution is 7.27. The van der Waals surface area contributed by atoms with Gasteiger partial charge in [-0.3, -0.25) is 4.57 Å². The molecule has 0 bridgehead atoms. The Balaban J connectivity index is 1.38. The van der Waals surface area contributed by atoms with Crippen molar-refractivity contribution in [1.29, 1.82) is 0 Å². The smallest absolute Gasteiger partial charge is 0.235 e. The maximum absolute atomic E-state index is 5.61. The first-order valence-electron chi connectivity index (χ1n) is 16.3. The molecule has 4 heteroatoms. The van der Waals surface area contributed by atoms with Crippen LogP contribution in [-0.4, -0.2) is 14.5 Å². The van der Waals surface area contributed by atoms with E-state index in [-0.39, 0.29) is 0 Å². The van der Waals surface area contributed by atoms with Crippen LogP contribution < -0.4 is 0 Å². The van der Waals surface area contributed by atoms with Gasteiger partial charge in [0.05, 0.1) is 26.9 Å². The van der Waals surface area contributed by atoms with Crippen molar-refractivity contribution in [2.24, 2.45) is 0 Å². The zero-order valence-corrected chi connectivity index (χ0v) is 26.5. The van der Waals surface area contributed by atoms with Crippen molar-refractivity contribution in [3.8, 4) is 17.2 Å². The second-order valence-electron chi connectivity index (χ2n) is 12.5. The number of fused-ring (bicyclic) bond motifs is 14. The van der Waals surface area contributed by atoms with E-state index < -0.39 is 0 Å². The van der Waals surface area contributed by atoms with Crippen molar-refractivity contribution >= 4 is 96.5 Å². The van der Waals surface area contributed by atoms with Gasteiger partial charge in [0, 0.05) is 37.2 Å². The van der Waals surface area contributed by atoms with Gasteiger partial charge in [0.15, 0.2) is 0 Å². The van der Waals surface area contributed by atoms with Gasteiger partial charge in [-0.25, -0.2) is 9.97 Å². The van der Waals surface area contributed by atoms with Crippen LogP contribution in [0.5, 0.6) is 0 Å². The standard InChI is InChI=1S/C44H25N3S/c1-3-15-28-26(12-1)14-11-21-32(28)41-40-29-16-4-2-13-27(29)24-25-35(40)45-44(46-41)47-36-22-9-7-19-33(36)38-30-17-5-6-18-31(30)39-34-20-8-10-23-37(34)48-43(39)42(38)47/h1-25H. The SMILES string of the molecule is c1ccc2c(-c3nc(-n4c5ccccc5c5c6ccccc6c6c7ccccc7sc6c54)nc4ccc5ccccc5c34)cccc2c1. The molecular formula is C44H25N3S. The predicted molar refractivity (Wildman–Crippen MR) is 205 cm³/mol. The van der Waals surface area contributed by atoms with Crippen LogP contribution in [0.25, 0.3) is 102 Å². The molecule has 0 N–H and O–H groups in total. The molecule has 11 rings (SSSR count). The molecule has 0 amide bonds. The topological polar surface area (TPSA) is 30.7 Å². The third kappa shape index (κ3) is 3.47. The Morgan fingerprint density at radius 3 is 1.90 bits per heavy atom. The highest BCUT2D eigenvalue weighted by Gasteiger charge is 2.24. The fourth-order valence-corrected chi connectivity index (χ4v) is 9.21. The molecule has 0 aliphatic carbocycles. The average molecular weight is 628 g/mol. The summed E-state index contributed by atoms with van der Waals surface area (Å²) in [6.45, 7) is 0. The number of hydrogen-bond donors (Lipinski definition) is 0. The monoisotopic (exact) mass is 627 g/mol. The van der Waals surface area contributed by atoms with E-state index in [1.54, 1.807) is 0 Å². The lowest BCUT2D eigenvalue weighted by Gasteiger charge is -2.15. The summed E-state index contributed by atoms with van der Waals surface area (Å²) < 4.78 is 4.87. The third-order valence-corrected chi connectivity index (χ3v) is 11.1. The van der Waals surface area contributed by atoms with E-state index >= 15 is 0 Å². The number of thiophene rings is 1. The number of rotatable bonds is 2. The average Bonchev–Trinajstić information content (AvgIpc) is 3.71. The van der Waals surface area contributed by atoms with Crippen LogP contribution in [-0.2, 0) is 0 Å². The Morgan fingerprint density at radius 2 is 1.06 bits per heavy atom. The van der Waals surface area contributed by atoms with Crippen LogP contribution in [0.4, 0.5) is 0 Å². The van der Waals surface area contributed by atoms with E-state index in [0.29, 0.717) is 5.95 Å². The molecular weight excluding hydrogens is 603 g/mol. The molecule has 11 aromatic rings. The molecule has 0 saturated carbocycles. The summed E-state index contributed by atoms with van der Waals surface area (Å²) in [6, 6.07) is 54.4. The number of para-hydroxylation sites is 1. The van der Waals surface area contributed by atoms with Gasteiger partial charge < -0.3 is 0 Å². The Kier molecular flexibility index (Phi) is 5.26. The van der Waals surface area contributed by atoms with Crippen LogP contribution in [0.15, 0.2) is 152 Å². The molecule has 48 heavy (non-hydrogen) atoms. The molecule has 8 aromatic carbocycles. The summed E-state index contributed by atoms with van der Waals surface area (Å²) in [4.78, 5) is 11.0. The summed E-state index contributed by atoms with van der Waals surface area (Å²) in [7, 11) is 0. The van der Waals surface area contributed by atoms with Crippen molar-refractivity contribution in [2.45, 2.75) is 0 Å². The van der Waals surface area contributed by atoms with E-state index in [1.807, 2.05) is 11.3 Å². The van der Waals surface area contributed by atoms with Gasteiger partial charge in [-0.1, -0.05) is 133 Å². The molecule has 0 spiro atoms. The quantitative estimate of drug-likeness (QED) is 0.179. The molecule has 0 radical (unpaired) electrons. The number of benzene rings is 8. The lowest BCUT2D eigenvalue weighted by Crippen LogP contribution is -2.04. The molecule has 222 valence electrons. The van der Waals surface area contributed by atoms with Crippen LogP contribution in [0.2, 0.25) is 0 Å². The lowest BCUT2D eigenvalue weighted by atomic mass is 9.96. The number of hydrogen-bond acceptors (Lipinski definition) is 3.